The number of hydrogen-bond acceptors (Lipinski definition) is 2. The molecule has 0 fully saturated rings. The Kier molecular flexibility index (Phi) is 4.01. The highest BCUT2D eigenvalue weighted by molar-refractivity contribution is 9.10. The van der Waals surface area contributed by atoms with Crippen LogP contribution in [0.4, 0.5) is 10.1 Å². The number of rotatable bonds is 4. The number of H-pyrrole nitrogens is 1. The second kappa shape index (κ2) is 6.10. The fourth-order valence-corrected chi connectivity index (χ4v) is 2.28. The third-order valence-corrected chi connectivity index (χ3v) is 3.82. The van der Waals surface area contributed by atoms with E-state index in [1.165, 1.54) is 6.07 Å². The number of nitrogens with zero attached hydrogens (tertiary/aromatic N) is 1. The predicted molar refractivity (Wildman–Crippen MR) is 85.5 cm³/mol. The number of halogens is 2. The first-order chi connectivity index (χ1) is 10.2. The molecule has 0 saturated carbocycles. The average Bonchev–Trinajstić information content (AvgIpc) is 3.03. The minimum Gasteiger partial charge on any atom is -0.381 e. The lowest BCUT2D eigenvalue weighted by Gasteiger charge is -2.08. The standard InChI is InChI=1S/C16H13BrFN3/c17-14-6-1-11(9-15(14)18)10-19-13-4-2-12(3-5-13)16-7-8-20-21-16/h1-9,19H,10H2,(H,20,21). The minimum atomic E-state index is -0.246. The van der Waals surface area contributed by atoms with E-state index in [0.29, 0.717) is 11.0 Å². The van der Waals surface area contributed by atoms with E-state index >= 15 is 0 Å². The van der Waals surface area contributed by atoms with E-state index in [9.17, 15) is 4.39 Å². The molecular weight excluding hydrogens is 333 g/mol. The molecule has 0 aliphatic rings. The van der Waals surface area contributed by atoms with Crippen molar-refractivity contribution in [2.75, 3.05) is 5.32 Å². The molecule has 3 nitrogen and oxygen atoms in total. The van der Waals surface area contributed by atoms with Gasteiger partial charge in [-0.3, -0.25) is 5.10 Å². The second-order valence-corrected chi connectivity index (χ2v) is 5.50. The molecule has 1 aromatic heterocycles. The Hall–Kier alpha value is -2.14. The van der Waals surface area contributed by atoms with Crippen LogP contribution in [0.25, 0.3) is 11.3 Å². The normalized spacial score (nSPS) is 10.6. The summed E-state index contributed by atoms with van der Waals surface area (Å²) in [6.07, 6.45) is 1.73. The van der Waals surface area contributed by atoms with Gasteiger partial charge in [-0.2, -0.15) is 5.10 Å². The number of anilines is 1. The number of aromatic nitrogens is 2. The molecule has 2 aromatic carbocycles. The Morgan fingerprint density at radius 2 is 1.90 bits per heavy atom. The molecule has 0 atom stereocenters. The zero-order valence-corrected chi connectivity index (χ0v) is 12.7. The van der Waals surface area contributed by atoms with Gasteiger partial charge >= 0.3 is 0 Å². The smallest absolute Gasteiger partial charge is 0.137 e. The van der Waals surface area contributed by atoms with Crippen LogP contribution in [0.5, 0.6) is 0 Å². The third kappa shape index (κ3) is 3.31. The Bertz CT molecular complexity index is 724. The van der Waals surface area contributed by atoms with Crippen molar-refractivity contribution < 1.29 is 4.39 Å². The van der Waals surface area contributed by atoms with Gasteiger partial charge in [0, 0.05) is 18.4 Å². The van der Waals surface area contributed by atoms with Crippen molar-refractivity contribution in [1.82, 2.24) is 10.2 Å². The largest absolute Gasteiger partial charge is 0.381 e. The Morgan fingerprint density at radius 3 is 2.57 bits per heavy atom. The van der Waals surface area contributed by atoms with Crippen molar-refractivity contribution in [3.05, 3.63) is 70.6 Å². The molecule has 0 saturated heterocycles. The lowest BCUT2D eigenvalue weighted by atomic mass is 10.1. The molecular formula is C16H13BrFN3. The number of aromatic amines is 1. The molecule has 0 unspecified atom stereocenters. The number of benzene rings is 2. The van der Waals surface area contributed by atoms with E-state index < -0.39 is 0 Å². The van der Waals surface area contributed by atoms with Crippen LogP contribution in [0.1, 0.15) is 5.56 Å². The fraction of sp³-hybridized carbons (Fsp3) is 0.0625. The van der Waals surface area contributed by atoms with Crippen LogP contribution in [-0.2, 0) is 6.54 Å². The van der Waals surface area contributed by atoms with Crippen LogP contribution in [0, 0.1) is 5.82 Å². The number of nitrogens with one attached hydrogen (secondary N) is 2. The summed E-state index contributed by atoms with van der Waals surface area (Å²) in [7, 11) is 0. The van der Waals surface area contributed by atoms with E-state index in [4.69, 9.17) is 0 Å². The van der Waals surface area contributed by atoms with Crippen LogP contribution in [0.2, 0.25) is 0 Å². The second-order valence-electron chi connectivity index (χ2n) is 4.65. The average molecular weight is 346 g/mol. The van der Waals surface area contributed by atoms with E-state index in [0.717, 1.165) is 22.5 Å². The first kappa shape index (κ1) is 13.8. The number of hydrogen-bond donors (Lipinski definition) is 2. The topological polar surface area (TPSA) is 40.7 Å². The summed E-state index contributed by atoms with van der Waals surface area (Å²) >= 11 is 3.15. The maximum atomic E-state index is 13.4. The molecule has 0 spiro atoms. The van der Waals surface area contributed by atoms with E-state index in [1.54, 1.807) is 12.3 Å². The first-order valence-corrected chi connectivity index (χ1v) is 7.29. The molecule has 3 rings (SSSR count). The molecule has 0 aliphatic heterocycles. The summed E-state index contributed by atoms with van der Waals surface area (Å²) in [5, 5.41) is 10.1. The van der Waals surface area contributed by atoms with Gasteiger partial charge in [-0.05, 0) is 57.4 Å². The highest BCUT2D eigenvalue weighted by atomic mass is 79.9. The summed E-state index contributed by atoms with van der Waals surface area (Å²) < 4.78 is 13.9. The quantitative estimate of drug-likeness (QED) is 0.725. The van der Waals surface area contributed by atoms with Gasteiger partial charge in [0.05, 0.1) is 10.2 Å². The summed E-state index contributed by atoms with van der Waals surface area (Å²) in [4.78, 5) is 0. The Labute approximate surface area is 130 Å². The molecule has 21 heavy (non-hydrogen) atoms. The van der Waals surface area contributed by atoms with Crippen LogP contribution in [-0.4, -0.2) is 10.2 Å². The molecule has 3 aromatic rings. The van der Waals surface area contributed by atoms with Gasteiger partial charge in [0.15, 0.2) is 0 Å². The van der Waals surface area contributed by atoms with Crippen LogP contribution < -0.4 is 5.32 Å². The maximum Gasteiger partial charge on any atom is 0.137 e. The van der Waals surface area contributed by atoms with E-state index in [1.807, 2.05) is 36.4 Å². The SMILES string of the molecule is Fc1cc(CNc2ccc(-c3ccn[nH]3)cc2)ccc1Br. The van der Waals surface area contributed by atoms with Crippen molar-refractivity contribution in [3.8, 4) is 11.3 Å². The zero-order valence-electron chi connectivity index (χ0n) is 11.1. The van der Waals surface area contributed by atoms with Gasteiger partial charge in [-0.15, -0.1) is 0 Å². The van der Waals surface area contributed by atoms with Crippen molar-refractivity contribution >= 4 is 21.6 Å². The summed E-state index contributed by atoms with van der Waals surface area (Å²) in [5.41, 5.74) is 3.94. The van der Waals surface area contributed by atoms with Crippen LogP contribution >= 0.6 is 15.9 Å². The molecule has 0 aliphatic carbocycles. The molecule has 1 heterocycles. The van der Waals surface area contributed by atoms with Crippen molar-refractivity contribution in [3.63, 3.8) is 0 Å². The molecule has 0 bridgehead atoms. The highest BCUT2D eigenvalue weighted by Gasteiger charge is 2.02. The summed E-state index contributed by atoms with van der Waals surface area (Å²) in [6.45, 7) is 0.577. The fourth-order valence-electron chi connectivity index (χ4n) is 2.04. The molecule has 106 valence electrons. The Balaban J connectivity index is 1.66. The first-order valence-electron chi connectivity index (χ1n) is 6.50. The van der Waals surface area contributed by atoms with Crippen molar-refractivity contribution in [2.24, 2.45) is 0 Å². The van der Waals surface area contributed by atoms with Crippen molar-refractivity contribution in [1.29, 1.82) is 0 Å². The van der Waals surface area contributed by atoms with Gasteiger partial charge in [0.25, 0.3) is 0 Å². The minimum absolute atomic E-state index is 0.246. The highest BCUT2D eigenvalue weighted by Crippen LogP contribution is 2.20. The van der Waals surface area contributed by atoms with Gasteiger partial charge in [0.1, 0.15) is 5.82 Å². The van der Waals surface area contributed by atoms with Gasteiger partial charge < -0.3 is 5.32 Å². The molecule has 0 amide bonds. The van der Waals surface area contributed by atoms with Crippen molar-refractivity contribution in [2.45, 2.75) is 6.54 Å². The maximum absolute atomic E-state index is 13.4. The summed E-state index contributed by atoms with van der Waals surface area (Å²) in [6, 6.07) is 15.1. The third-order valence-electron chi connectivity index (χ3n) is 3.18. The van der Waals surface area contributed by atoms with Crippen LogP contribution in [0.15, 0.2) is 59.2 Å². The van der Waals surface area contributed by atoms with E-state index in [-0.39, 0.29) is 5.82 Å². The molecule has 0 radical (unpaired) electrons. The zero-order chi connectivity index (χ0) is 14.7. The summed E-state index contributed by atoms with van der Waals surface area (Å²) in [5.74, 6) is -0.246. The van der Waals surface area contributed by atoms with Crippen LogP contribution in [0.3, 0.4) is 0 Å². The molecule has 2 N–H and O–H groups in total. The lowest BCUT2D eigenvalue weighted by Crippen LogP contribution is -1.99. The van der Waals surface area contributed by atoms with Gasteiger partial charge in [-0.1, -0.05) is 18.2 Å². The predicted octanol–water partition coefficient (Wildman–Crippen LogP) is 4.59. The van der Waals surface area contributed by atoms with E-state index in [2.05, 4.69) is 31.4 Å². The lowest BCUT2D eigenvalue weighted by molar-refractivity contribution is 0.619. The van der Waals surface area contributed by atoms with Gasteiger partial charge in [0.2, 0.25) is 0 Å². The molecule has 5 heteroatoms. The Morgan fingerprint density at radius 1 is 1.10 bits per heavy atom. The monoisotopic (exact) mass is 345 g/mol. The van der Waals surface area contributed by atoms with Gasteiger partial charge in [-0.25, -0.2) is 4.39 Å².